The molecule has 0 saturated carbocycles. The highest BCUT2D eigenvalue weighted by Gasteiger charge is 2.41. The fraction of sp³-hybridized carbons (Fsp3) is 0.913. The van der Waals surface area contributed by atoms with E-state index in [-0.39, 0.29) is 36.0 Å². The second-order valence-electron chi connectivity index (χ2n) is 11.7. The van der Waals surface area contributed by atoms with Crippen molar-refractivity contribution in [3.05, 3.63) is 10.4 Å². The Labute approximate surface area is 188 Å². The number of hydrogen-bond acceptors (Lipinski definition) is 4. The van der Waals surface area contributed by atoms with Gasteiger partial charge in [-0.05, 0) is 67.2 Å². The molecule has 0 aromatic heterocycles. The number of rotatable bonds is 6. The quantitative estimate of drug-likeness (QED) is 0.489. The first kappa shape index (κ1) is 26.0. The van der Waals surface area contributed by atoms with Crippen molar-refractivity contribution in [2.45, 2.75) is 110 Å². The summed E-state index contributed by atoms with van der Waals surface area (Å²) in [5, 5.41) is 33.2. The molecular weight excluding hydrogens is 396 g/mol. The van der Waals surface area contributed by atoms with Crippen LogP contribution in [0.15, 0.2) is 0 Å². The van der Waals surface area contributed by atoms with Gasteiger partial charge in [-0.15, -0.1) is 0 Å². The van der Waals surface area contributed by atoms with Gasteiger partial charge in [0.2, 0.25) is 0 Å². The SMILES string of the molecule is CC(C)(C)NC(=O)[C@@H]1CCCC[N@@+]1([O-])CCC[N@+]1([O-])CCCC[C@H]1C(=O)NC(C)(C)C. The average molecular weight is 441 g/mol. The van der Waals surface area contributed by atoms with Crippen molar-refractivity contribution in [1.29, 1.82) is 0 Å². The number of quaternary nitrogens is 2. The van der Waals surface area contributed by atoms with Gasteiger partial charge < -0.3 is 30.3 Å². The third-order valence-corrected chi connectivity index (χ3v) is 6.34. The molecule has 0 aliphatic carbocycles. The van der Waals surface area contributed by atoms with Crippen LogP contribution in [0.2, 0.25) is 0 Å². The number of carbonyl (C=O) groups is 2. The maximum absolute atomic E-state index is 13.6. The number of nitrogens with zero attached hydrogens (tertiary/aromatic N) is 2. The van der Waals surface area contributed by atoms with Gasteiger partial charge in [0.25, 0.3) is 11.8 Å². The highest BCUT2D eigenvalue weighted by atomic mass is 16.6. The summed E-state index contributed by atoms with van der Waals surface area (Å²) in [6.45, 7) is 12.8. The van der Waals surface area contributed by atoms with Crippen molar-refractivity contribution in [1.82, 2.24) is 10.6 Å². The number of likely N-dealkylation sites (tertiary alicyclic amines) is 2. The zero-order valence-corrected chi connectivity index (χ0v) is 20.5. The molecule has 8 nitrogen and oxygen atoms in total. The van der Waals surface area contributed by atoms with Crippen LogP contribution in [-0.4, -0.2) is 70.4 Å². The van der Waals surface area contributed by atoms with Crippen molar-refractivity contribution in [2.75, 3.05) is 26.2 Å². The Bertz CT molecular complexity index is 588. The summed E-state index contributed by atoms with van der Waals surface area (Å²) in [6, 6.07) is -1.23. The van der Waals surface area contributed by atoms with Crippen LogP contribution in [0.1, 0.15) is 86.5 Å². The number of amides is 2. The van der Waals surface area contributed by atoms with Gasteiger partial charge in [-0.3, -0.25) is 9.59 Å². The summed E-state index contributed by atoms with van der Waals surface area (Å²) in [7, 11) is 0. The fourth-order valence-corrected chi connectivity index (χ4v) is 4.95. The van der Waals surface area contributed by atoms with Crippen molar-refractivity contribution >= 4 is 11.8 Å². The van der Waals surface area contributed by atoms with E-state index in [4.69, 9.17) is 0 Å². The zero-order valence-electron chi connectivity index (χ0n) is 20.5. The third kappa shape index (κ3) is 7.41. The fourth-order valence-electron chi connectivity index (χ4n) is 4.95. The monoisotopic (exact) mass is 440 g/mol. The molecule has 0 radical (unpaired) electrons. The van der Waals surface area contributed by atoms with Gasteiger partial charge in [-0.25, -0.2) is 0 Å². The summed E-state index contributed by atoms with van der Waals surface area (Å²) in [5.74, 6) is -0.373. The lowest BCUT2D eigenvalue weighted by Gasteiger charge is -2.53. The van der Waals surface area contributed by atoms with Crippen LogP contribution in [0.5, 0.6) is 0 Å². The van der Waals surface area contributed by atoms with Gasteiger partial charge in [-0.2, -0.15) is 0 Å². The lowest BCUT2D eigenvalue weighted by atomic mass is 9.97. The molecule has 0 unspecified atom stereocenters. The largest absolute Gasteiger partial charge is 0.632 e. The van der Waals surface area contributed by atoms with E-state index in [1.807, 2.05) is 41.5 Å². The van der Waals surface area contributed by atoms with Gasteiger partial charge >= 0.3 is 0 Å². The molecule has 2 N–H and O–H groups in total. The molecule has 2 amide bonds. The lowest BCUT2D eigenvalue weighted by Crippen LogP contribution is -2.64. The van der Waals surface area contributed by atoms with E-state index in [2.05, 4.69) is 10.6 Å². The molecule has 2 fully saturated rings. The zero-order chi connectivity index (χ0) is 23.5. The standard InChI is InChI=1S/C23H44N4O4/c1-22(2,3)24-20(28)18-12-7-9-14-26(18,30)16-11-17-27(31)15-10-8-13-19(27)21(29)25-23(4,5)6/h18-19H,7-17H2,1-6H3,(H,24,28)(H,25,29)/t18-,19-,26+,27+/m0/s1. The molecule has 2 saturated heterocycles. The van der Waals surface area contributed by atoms with Gasteiger partial charge in [0.1, 0.15) is 0 Å². The van der Waals surface area contributed by atoms with Gasteiger partial charge in [0, 0.05) is 30.3 Å². The summed E-state index contributed by atoms with van der Waals surface area (Å²) < 4.78 is -1.11. The molecular formula is C23H44N4O4. The smallest absolute Gasteiger partial charge is 0.279 e. The highest BCUT2D eigenvalue weighted by Crippen LogP contribution is 2.29. The molecule has 31 heavy (non-hydrogen) atoms. The van der Waals surface area contributed by atoms with E-state index < -0.39 is 21.4 Å². The number of piperidine rings is 2. The number of hydrogen-bond donors (Lipinski definition) is 2. The number of nitrogens with one attached hydrogen (secondary N) is 2. The average Bonchev–Trinajstić information content (AvgIpc) is 2.59. The van der Waals surface area contributed by atoms with E-state index in [1.54, 1.807) is 0 Å². The van der Waals surface area contributed by atoms with Gasteiger partial charge in [0.05, 0.1) is 26.2 Å². The van der Waals surface area contributed by atoms with Gasteiger partial charge in [0.15, 0.2) is 12.1 Å². The summed E-state index contributed by atoms with van der Waals surface area (Å²) >= 11 is 0. The van der Waals surface area contributed by atoms with Crippen LogP contribution in [0.25, 0.3) is 0 Å². The minimum Gasteiger partial charge on any atom is -0.632 e. The molecule has 180 valence electrons. The molecule has 2 heterocycles. The first-order chi connectivity index (χ1) is 14.2. The molecule has 2 aliphatic rings. The van der Waals surface area contributed by atoms with E-state index >= 15 is 0 Å². The lowest BCUT2D eigenvalue weighted by molar-refractivity contribution is -0.919. The Balaban J connectivity index is 2.04. The first-order valence-electron chi connectivity index (χ1n) is 11.9. The third-order valence-electron chi connectivity index (χ3n) is 6.34. The maximum atomic E-state index is 13.6. The molecule has 2 rings (SSSR count). The maximum Gasteiger partial charge on any atom is 0.279 e. The van der Waals surface area contributed by atoms with Crippen LogP contribution in [-0.2, 0) is 9.59 Å². The van der Waals surface area contributed by atoms with E-state index in [0.717, 1.165) is 25.7 Å². The predicted octanol–water partition coefficient (Wildman–Crippen LogP) is 2.94. The molecule has 0 spiro atoms. The van der Waals surface area contributed by atoms with E-state index in [0.29, 0.717) is 32.4 Å². The van der Waals surface area contributed by atoms with E-state index in [1.165, 1.54) is 0 Å². The minimum atomic E-state index is -0.616. The molecule has 0 aromatic carbocycles. The summed E-state index contributed by atoms with van der Waals surface area (Å²) in [6.07, 6.45) is 4.94. The van der Waals surface area contributed by atoms with E-state index in [9.17, 15) is 20.0 Å². The molecule has 8 heteroatoms. The molecule has 2 aliphatic heterocycles. The highest BCUT2D eigenvalue weighted by molar-refractivity contribution is 5.81. The van der Waals surface area contributed by atoms with Crippen molar-refractivity contribution in [3.63, 3.8) is 0 Å². The molecule has 4 atom stereocenters. The van der Waals surface area contributed by atoms with Crippen LogP contribution < -0.4 is 10.6 Å². The predicted molar refractivity (Wildman–Crippen MR) is 122 cm³/mol. The summed E-state index contributed by atoms with van der Waals surface area (Å²) in [4.78, 5) is 25.6. The second kappa shape index (κ2) is 9.73. The Kier molecular flexibility index (Phi) is 8.17. The van der Waals surface area contributed by atoms with Crippen molar-refractivity contribution in [2.24, 2.45) is 0 Å². The Hall–Kier alpha value is -1.22. The summed E-state index contributed by atoms with van der Waals surface area (Å²) in [5.41, 5.74) is -0.768. The number of hydroxylamine groups is 6. The van der Waals surface area contributed by atoms with Crippen molar-refractivity contribution < 1.29 is 18.9 Å². The minimum absolute atomic E-state index is 0.186. The Morgan fingerprint density at radius 1 is 0.742 bits per heavy atom. The molecule has 0 bridgehead atoms. The van der Waals surface area contributed by atoms with Crippen LogP contribution >= 0.6 is 0 Å². The van der Waals surface area contributed by atoms with Crippen molar-refractivity contribution in [3.8, 4) is 0 Å². The Morgan fingerprint density at radius 2 is 1.10 bits per heavy atom. The van der Waals surface area contributed by atoms with Crippen LogP contribution in [0.3, 0.4) is 0 Å². The topological polar surface area (TPSA) is 104 Å². The molecule has 0 aromatic rings. The van der Waals surface area contributed by atoms with Gasteiger partial charge in [-0.1, -0.05) is 0 Å². The normalized spacial score (nSPS) is 32.4. The second-order valence-corrected chi connectivity index (χ2v) is 11.7. The Morgan fingerprint density at radius 3 is 1.42 bits per heavy atom. The van der Waals surface area contributed by atoms with Crippen LogP contribution in [0, 0.1) is 10.4 Å². The van der Waals surface area contributed by atoms with Crippen LogP contribution in [0.4, 0.5) is 0 Å². The number of carbonyl (C=O) groups excluding carboxylic acids is 2. The first-order valence-corrected chi connectivity index (χ1v) is 11.9.